The molecule has 106 valence electrons. The van der Waals surface area contributed by atoms with Crippen molar-refractivity contribution in [2.45, 2.75) is 41.7 Å². The molecule has 19 heavy (non-hydrogen) atoms. The van der Waals surface area contributed by atoms with Crippen LogP contribution in [0.1, 0.15) is 25.7 Å². The highest BCUT2D eigenvalue weighted by atomic mass is 32.2. The van der Waals surface area contributed by atoms with Gasteiger partial charge in [-0.1, -0.05) is 12.8 Å². The standard InChI is InChI=1S/C13H16F3NOS/c14-13(15,16)19-11-5-3-10(4-6-11)17-9-12(18)7-1-2-8-12/h3-6,17-18H,1-2,7-9H2. The zero-order valence-electron chi connectivity index (χ0n) is 10.3. The Balaban J connectivity index is 1.88. The molecule has 1 aliphatic rings. The molecule has 0 atom stereocenters. The lowest BCUT2D eigenvalue weighted by atomic mass is 10.0. The minimum atomic E-state index is -4.26. The van der Waals surface area contributed by atoms with Crippen LogP contribution in [0.5, 0.6) is 0 Å². The number of hydrogen-bond donors (Lipinski definition) is 2. The van der Waals surface area contributed by atoms with Gasteiger partial charge in [0.05, 0.1) is 5.60 Å². The van der Waals surface area contributed by atoms with Gasteiger partial charge in [-0.15, -0.1) is 0 Å². The molecule has 0 unspecified atom stereocenters. The maximum Gasteiger partial charge on any atom is 0.446 e. The molecule has 1 aliphatic carbocycles. The first-order chi connectivity index (χ1) is 8.86. The van der Waals surface area contributed by atoms with Crippen molar-refractivity contribution in [2.75, 3.05) is 11.9 Å². The fourth-order valence-electron chi connectivity index (χ4n) is 2.25. The predicted octanol–water partition coefficient (Wildman–Crippen LogP) is 4.02. The van der Waals surface area contributed by atoms with Crippen molar-refractivity contribution < 1.29 is 18.3 Å². The van der Waals surface area contributed by atoms with Crippen molar-refractivity contribution in [1.82, 2.24) is 0 Å². The summed E-state index contributed by atoms with van der Waals surface area (Å²) in [5.41, 5.74) is -4.19. The first-order valence-electron chi connectivity index (χ1n) is 6.18. The summed E-state index contributed by atoms with van der Waals surface area (Å²) in [5, 5.41) is 13.2. The molecule has 0 radical (unpaired) electrons. The van der Waals surface area contributed by atoms with Crippen LogP contribution in [0.15, 0.2) is 29.2 Å². The molecular weight excluding hydrogens is 275 g/mol. The summed E-state index contributed by atoms with van der Waals surface area (Å²) < 4.78 is 36.5. The van der Waals surface area contributed by atoms with Gasteiger partial charge in [-0.3, -0.25) is 0 Å². The fourth-order valence-corrected chi connectivity index (χ4v) is 2.79. The Kier molecular flexibility index (Phi) is 4.30. The second kappa shape index (κ2) is 5.63. The van der Waals surface area contributed by atoms with Crippen molar-refractivity contribution in [3.8, 4) is 0 Å². The van der Waals surface area contributed by atoms with Gasteiger partial charge in [0.1, 0.15) is 0 Å². The summed E-state index contributed by atoms with van der Waals surface area (Å²) in [6.45, 7) is 0.443. The van der Waals surface area contributed by atoms with Crippen LogP contribution in [0, 0.1) is 0 Å². The second-order valence-corrected chi connectivity index (χ2v) is 6.00. The number of alkyl halides is 3. The minimum absolute atomic E-state index is 0.125. The smallest absolute Gasteiger partial charge is 0.388 e. The summed E-state index contributed by atoms with van der Waals surface area (Å²) in [4.78, 5) is 0.164. The zero-order chi connectivity index (χ0) is 13.9. The molecular formula is C13H16F3NOS. The highest BCUT2D eigenvalue weighted by Gasteiger charge is 2.31. The van der Waals surface area contributed by atoms with Crippen LogP contribution in [0.4, 0.5) is 18.9 Å². The van der Waals surface area contributed by atoms with Crippen LogP contribution < -0.4 is 5.32 Å². The van der Waals surface area contributed by atoms with Gasteiger partial charge in [-0.25, -0.2) is 0 Å². The predicted molar refractivity (Wildman–Crippen MR) is 70.3 cm³/mol. The third-order valence-corrected chi connectivity index (χ3v) is 3.98. The van der Waals surface area contributed by atoms with E-state index < -0.39 is 11.1 Å². The van der Waals surface area contributed by atoms with Gasteiger partial charge >= 0.3 is 5.51 Å². The van der Waals surface area contributed by atoms with E-state index in [2.05, 4.69) is 5.32 Å². The molecule has 1 saturated carbocycles. The normalized spacial score (nSPS) is 18.5. The van der Waals surface area contributed by atoms with Crippen molar-refractivity contribution >= 4 is 17.4 Å². The zero-order valence-corrected chi connectivity index (χ0v) is 11.2. The van der Waals surface area contributed by atoms with E-state index in [1.165, 1.54) is 12.1 Å². The van der Waals surface area contributed by atoms with Gasteiger partial charge in [0.15, 0.2) is 0 Å². The van der Waals surface area contributed by atoms with E-state index in [1.54, 1.807) is 12.1 Å². The monoisotopic (exact) mass is 291 g/mol. The first kappa shape index (κ1) is 14.5. The highest BCUT2D eigenvalue weighted by molar-refractivity contribution is 8.00. The average molecular weight is 291 g/mol. The number of rotatable bonds is 4. The van der Waals surface area contributed by atoms with Crippen LogP contribution >= 0.6 is 11.8 Å². The second-order valence-electron chi connectivity index (χ2n) is 4.86. The number of aliphatic hydroxyl groups is 1. The number of thioether (sulfide) groups is 1. The Morgan fingerprint density at radius 2 is 1.74 bits per heavy atom. The maximum atomic E-state index is 12.2. The SMILES string of the molecule is OC1(CNc2ccc(SC(F)(F)F)cc2)CCCC1. The van der Waals surface area contributed by atoms with Crippen LogP contribution in [0.2, 0.25) is 0 Å². The largest absolute Gasteiger partial charge is 0.446 e. The lowest BCUT2D eigenvalue weighted by Crippen LogP contribution is -2.33. The fraction of sp³-hybridized carbons (Fsp3) is 0.538. The summed E-state index contributed by atoms with van der Waals surface area (Å²) in [6.07, 6.45) is 3.61. The number of anilines is 1. The molecule has 2 nitrogen and oxygen atoms in total. The summed E-state index contributed by atoms with van der Waals surface area (Å²) in [7, 11) is 0. The van der Waals surface area contributed by atoms with E-state index in [9.17, 15) is 18.3 Å². The quantitative estimate of drug-likeness (QED) is 0.822. The molecule has 0 aromatic heterocycles. The molecule has 0 aliphatic heterocycles. The Morgan fingerprint density at radius 3 is 2.26 bits per heavy atom. The third kappa shape index (κ3) is 4.62. The number of halogens is 3. The number of nitrogens with one attached hydrogen (secondary N) is 1. The van der Waals surface area contributed by atoms with Gasteiger partial charge in [-0.05, 0) is 48.9 Å². The molecule has 2 rings (SSSR count). The number of hydrogen-bond acceptors (Lipinski definition) is 3. The minimum Gasteiger partial charge on any atom is -0.388 e. The molecule has 0 amide bonds. The van der Waals surface area contributed by atoms with E-state index >= 15 is 0 Å². The maximum absolute atomic E-state index is 12.2. The van der Waals surface area contributed by atoms with E-state index in [0.29, 0.717) is 6.54 Å². The van der Waals surface area contributed by atoms with E-state index in [0.717, 1.165) is 31.4 Å². The molecule has 0 saturated heterocycles. The summed E-state index contributed by atoms with van der Waals surface area (Å²) >= 11 is -0.125. The topological polar surface area (TPSA) is 32.3 Å². The first-order valence-corrected chi connectivity index (χ1v) is 7.00. The van der Waals surface area contributed by atoms with Crippen LogP contribution in [-0.4, -0.2) is 22.8 Å². The van der Waals surface area contributed by atoms with E-state index in [4.69, 9.17) is 0 Å². The Morgan fingerprint density at radius 1 is 1.16 bits per heavy atom. The summed E-state index contributed by atoms with van der Waals surface area (Å²) in [5.74, 6) is 0. The third-order valence-electron chi connectivity index (χ3n) is 3.24. The lowest BCUT2D eigenvalue weighted by molar-refractivity contribution is -0.0328. The van der Waals surface area contributed by atoms with Gasteiger partial charge < -0.3 is 10.4 Å². The van der Waals surface area contributed by atoms with Crippen LogP contribution in [0.25, 0.3) is 0 Å². The molecule has 1 aromatic carbocycles. The van der Waals surface area contributed by atoms with Crippen LogP contribution in [-0.2, 0) is 0 Å². The van der Waals surface area contributed by atoms with Gasteiger partial charge in [0.2, 0.25) is 0 Å². The van der Waals surface area contributed by atoms with Gasteiger partial charge in [0.25, 0.3) is 0 Å². The Labute approximate surface area is 114 Å². The van der Waals surface area contributed by atoms with Crippen molar-refractivity contribution in [1.29, 1.82) is 0 Å². The van der Waals surface area contributed by atoms with Crippen molar-refractivity contribution in [3.05, 3.63) is 24.3 Å². The Hall–Kier alpha value is -0.880. The van der Waals surface area contributed by atoms with E-state index in [1.807, 2.05) is 0 Å². The van der Waals surface area contributed by atoms with Crippen LogP contribution in [0.3, 0.4) is 0 Å². The Bertz CT molecular complexity index is 413. The summed E-state index contributed by atoms with van der Waals surface area (Å²) in [6, 6.07) is 6.07. The van der Waals surface area contributed by atoms with Crippen molar-refractivity contribution in [2.24, 2.45) is 0 Å². The number of benzene rings is 1. The molecule has 1 fully saturated rings. The lowest BCUT2D eigenvalue weighted by Gasteiger charge is -2.23. The molecule has 0 bridgehead atoms. The highest BCUT2D eigenvalue weighted by Crippen LogP contribution is 2.37. The molecule has 2 N–H and O–H groups in total. The van der Waals surface area contributed by atoms with Gasteiger partial charge in [-0.2, -0.15) is 13.2 Å². The van der Waals surface area contributed by atoms with Gasteiger partial charge in [0, 0.05) is 17.1 Å². The average Bonchev–Trinajstić information content (AvgIpc) is 2.74. The molecule has 6 heteroatoms. The molecule has 1 aromatic rings. The van der Waals surface area contributed by atoms with Crippen molar-refractivity contribution in [3.63, 3.8) is 0 Å². The van der Waals surface area contributed by atoms with E-state index in [-0.39, 0.29) is 16.7 Å². The molecule has 0 spiro atoms. The molecule has 0 heterocycles.